The lowest BCUT2D eigenvalue weighted by Crippen LogP contribution is -2.47. The predicted molar refractivity (Wildman–Crippen MR) is 83.2 cm³/mol. The topological polar surface area (TPSA) is 71.8 Å². The maximum absolute atomic E-state index is 12.2. The van der Waals surface area contributed by atoms with Gasteiger partial charge in [0.15, 0.2) is 5.76 Å². The Morgan fingerprint density at radius 2 is 1.83 bits per heavy atom. The van der Waals surface area contributed by atoms with Crippen molar-refractivity contribution in [3.8, 4) is 5.75 Å². The van der Waals surface area contributed by atoms with E-state index in [9.17, 15) is 9.59 Å². The number of rotatable bonds is 3. The summed E-state index contributed by atoms with van der Waals surface area (Å²) in [7, 11) is 0. The molecule has 3 rings (SSSR count). The van der Waals surface area contributed by atoms with Crippen molar-refractivity contribution in [1.29, 1.82) is 0 Å². The SMILES string of the molecule is O=C(NC1CCN(C(=O)c2ccco2)CC1)Oc1ccccc1. The second-order valence-corrected chi connectivity index (χ2v) is 5.39. The number of carbonyl (C=O) groups excluding carboxylic acids is 2. The molecule has 2 amide bonds. The second kappa shape index (κ2) is 7.00. The van der Waals surface area contributed by atoms with Gasteiger partial charge >= 0.3 is 6.09 Å². The molecule has 2 heterocycles. The number of furan rings is 1. The van der Waals surface area contributed by atoms with Crippen LogP contribution in [0.5, 0.6) is 5.75 Å². The van der Waals surface area contributed by atoms with Crippen molar-refractivity contribution in [2.45, 2.75) is 18.9 Å². The number of carbonyl (C=O) groups is 2. The van der Waals surface area contributed by atoms with Crippen LogP contribution in [0.15, 0.2) is 53.1 Å². The summed E-state index contributed by atoms with van der Waals surface area (Å²) >= 11 is 0. The van der Waals surface area contributed by atoms with Gasteiger partial charge in [0.05, 0.1) is 6.26 Å². The van der Waals surface area contributed by atoms with E-state index in [0.717, 1.165) is 0 Å². The Balaban J connectivity index is 1.46. The highest BCUT2D eigenvalue weighted by Crippen LogP contribution is 2.15. The lowest BCUT2D eigenvalue weighted by molar-refractivity contribution is 0.0674. The molecule has 1 aliphatic heterocycles. The number of piperidine rings is 1. The summed E-state index contributed by atoms with van der Waals surface area (Å²) < 4.78 is 10.3. The average Bonchev–Trinajstić information content (AvgIpc) is 3.10. The van der Waals surface area contributed by atoms with E-state index in [1.54, 1.807) is 41.3 Å². The lowest BCUT2D eigenvalue weighted by atomic mass is 10.1. The monoisotopic (exact) mass is 314 g/mol. The maximum atomic E-state index is 12.2. The van der Waals surface area contributed by atoms with Crippen LogP contribution in [-0.2, 0) is 0 Å². The number of likely N-dealkylation sites (tertiary alicyclic amines) is 1. The molecule has 6 heteroatoms. The minimum absolute atomic E-state index is 0.00635. The number of hydrogen-bond acceptors (Lipinski definition) is 4. The van der Waals surface area contributed by atoms with Crippen molar-refractivity contribution >= 4 is 12.0 Å². The fraction of sp³-hybridized carbons (Fsp3) is 0.294. The van der Waals surface area contributed by atoms with Crippen LogP contribution in [0, 0.1) is 0 Å². The lowest BCUT2D eigenvalue weighted by Gasteiger charge is -2.31. The standard InChI is InChI=1S/C17H18N2O4/c20-16(15-7-4-12-22-15)19-10-8-13(9-11-19)18-17(21)23-14-5-2-1-3-6-14/h1-7,12-13H,8-11H2,(H,18,21). The van der Waals surface area contributed by atoms with Crippen LogP contribution in [0.3, 0.4) is 0 Å². The molecule has 1 aromatic heterocycles. The van der Waals surface area contributed by atoms with Gasteiger partial charge in [-0.1, -0.05) is 18.2 Å². The van der Waals surface area contributed by atoms with Crippen LogP contribution in [-0.4, -0.2) is 36.0 Å². The number of amides is 2. The van der Waals surface area contributed by atoms with Gasteiger partial charge in [0.25, 0.3) is 5.91 Å². The van der Waals surface area contributed by atoms with E-state index in [-0.39, 0.29) is 11.9 Å². The third-order valence-corrected chi connectivity index (χ3v) is 3.79. The molecule has 120 valence electrons. The van der Waals surface area contributed by atoms with Crippen molar-refractivity contribution in [2.75, 3.05) is 13.1 Å². The van der Waals surface area contributed by atoms with E-state index >= 15 is 0 Å². The normalized spacial score (nSPS) is 15.2. The Morgan fingerprint density at radius 1 is 1.09 bits per heavy atom. The molecule has 1 saturated heterocycles. The highest BCUT2D eigenvalue weighted by Gasteiger charge is 2.26. The molecule has 1 N–H and O–H groups in total. The minimum atomic E-state index is -0.466. The summed E-state index contributed by atoms with van der Waals surface area (Å²) in [5, 5.41) is 2.84. The number of nitrogens with zero attached hydrogens (tertiary/aromatic N) is 1. The molecule has 0 bridgehead atoms. The maximum Gasteiger partial charge on any atom is 0.412 e. The summed E-state index contributed by atoms with van der Waals surface area (Å²) in [5.74, 6) is 0.746. The van der Waals surface area contributed by atoms with Gasteiger partial charge in [-0.05, 0) is 37.1 Å². The highest BCUT2D eigenvalue weighted by atomic mass is 16.6. The van der Waals surface area contributed by atoms with Crippen LogP contribution < -0.4 is 10.1 Å². The van der Waals surface area contributed by atoms with Gasteiger partial charge in [0, 0.05) is 19.1 Å². The Hall–Kier alpha value is -2.76. The van der Waals surface area contributed by atoms with Crippen LogP contribution in [0.25, 0.3) is 0 Å². The first-order valence-corrected chi connectivity index (χ1v) is 7.58. The fourth-order valence-corrected chi connectivity index (χ4v) is 2.57. The first kappa shape index (κ1) is 15.1. The molecular formula is C17H18N2O4. The molecule has 1 fully saturated rings. The molecule has 1 aromatic carbocycles. The van der Waals surface area contributed by atoms with E-state index in [4.69, 9.17) is 9.15 Å². The Kier molecular flexibility index (Phi) is 4.61. The zero-order valence-corrected chi connectivity index (χ0v) is 12.6. The van der Waals surface area contributed by atoms with Gasteiger partial charge in [-0.25, -0.2) is 4.79 Å². The fourth-order valence-electron chi connectivity index (χ4n) is 2.57. The number of benzene rings is 1. The number of ether oxygens (including phenoxy) is 1. The molecule has 1 aliphatic rings. The van der Waals surface area contributed by atoms with Gasteiger partial charge in [0.2, 0.25) is 0 Å². The van der Waals surface area contributed by atoms with Crippen molar-refractivity contribution < 1.29 is 18.7 Å². The van der Waals surface area contributed by atoms with Gasteiger partial charge in [-0.2, -0.15) is 0 Å². The summed E-state index contributed by atoms with van der Waals surface area (Å²) in [5.41, 5.74) is 0. The third kappa shape index (κ3) is 3.91. The van der Waals surface area contributed by atoms with Crippen LogP contribution >= 0.6 is 0 Å². The van der Waals surface area contributed by atoms with Crippen LogP contribution in [0.4, 0.5) is 4.79 Å². The van der Waals surface area contributed by atoms with Gasteiger partial charge < -0.3 is 19.4 Å². The van der Waals surface area contributed by atoms with E-state index in [1.807, 2.05) is 6.07 Å². The van der Waals surface area contributed by atoms with Gasteiger partial charge in [-0.15, -0.1) is 0 Å². The summed E-state index contributed by atoms with van der Waals surface area (Å²) in [6, 6.07) is 12.3. The number of para-hydroxylation sites is 1. The van der Waals surface area contributed by atoms with Crippen LogP contribution in [0.2, 0.25) is 0 Å². The smallest absolute Gasteiger partial charge is 0.412 e. The molecule has 0 unspecified atom stereocenters. The van der Waals surface area contributed by atoms with Crippen molar-refractivity contribution in [3.05, 3.63) is 54.5 Å². The zero-order valence-electron chi connectivity index (χ0n) is 12.6. The molecule has 0 radical (unpaired) electrons. The van der Waals surface area contributed by atoms with Crippen molar-refractivity contribution in [2.24, 2.45) is 0 Å². The average molecular weight is 314 g/mol. The minimum Gasteiger partial charge on any atom is -0.459 e. The van der Waals surface area contributed by atoms with E-state index in [2.05, 4.69) is 5.32 Å². The molecule has 6 nitrogen and oxygen atoms in total. The number of hydrogen-bond donors (Lipinski definition) is 1. The Morgan fingerprint density at radius 3 is 2.48 bits per heavy atom. The van der Waals surface area contributed by atoms with E-state index < -0.39 is 6.09 Å². The first-order valence-electron chi connectivity index (χ1n) is 7.58. The van der Waals surface area contributed by atoms with Crippen molar-refractivity contribution in [1.82, 2.24) is 10.2 Å². The summed E-state index contributed by atoms with van der Waals surface area (Å²) in [6.45, 7) is 1.16. The first-order chi connectivity index (χ1) is 11.2. The molecule has 0 aliphatic carbocycles. The summed E-state index contributed by atoms with van der Waals surface area (Å²) in [6.07, 6.45) is 2.40. The molecular weight excluding hydrogens is 296 g/mol. The molecule has 2 aromatic rings. The molecule has 0 spiro atoms. The molecule has 0 atom stereocenters. The number of nitrogens with one attached hydrogen (secondary N) is 1. The largest absolute Gasteiger partial charge is 0.459 e. The van der Waals surface area contributed by atoms with E-state index in [1.165, 1.54) is 6.26 Å². The zero-order chi connectivity index (χ0) is 16.1. The second-order valence-electron chi connectivity index (χ2n) is 5.39. The third-order valence-electron chi connectivity index (χ3n) is 3.79. The molecule has 23 heavy (non-hydrogen) atoms. The van der Waals surface area contributed by atoms with Crippen molar-refractivity contribution in [3.63, 3.8) is 0 Å². The highest BCUT2D eigenvalue weighted by molar-refractivity contribution is 5.91. The Labute approximate surface area is 134 Å². The summed E-state index contributed by atoms with van der Waals surface area (Å²) in [4.78, 5) is 25.7. The van der Waals surface area contributed by atoms with Gasteiger partial charge in [0.1, 0.15) is 5.75 Å². The van der Waals surface area contributed by atoms with Gasteiger partial charge in [-0.3, -0.25) is 4.79 Å². The van der Waals surface area contributed by atoms with Crippen LogP contribution in [0.1, 0.15) is 23.4 Å². The quantitative estimate of drug-likeness (QED) is 0.945. The Bertz CT molecular complexity index is 646. The predicted octanol–water partition coefficient (Wildman–Crippen LogP) is 2.67. The molecule has 0 saturated carbocycles. The van der Waals surface area contributed by atoms with E-state index in [0.29, 0.717) is 37.4 Å².